The summed E-state index contributed by atoms with van der Waals surface area (Å²) in [5.41, 5.74) is 1.30. The van der Waals surface area contributed by atoms with Crippen molar-refractivity contribution in [3.05, 3.63) is 30.3 Å². The van der Waals surface area contributed by atoms with Gasteiger partial charge in [0.25, 0.3) is 0 Å². The molecule has 1 N–H and O–H groups in total. The average Bonchev–Trinajstić information content (AvgIpc) is 2.49. The molecular formula is C16H26N2O. The van der Waals surface area contributed by atoms with E-state index >= 15 is 0 Å². The Kier molecular flexibility index (Phi) is 6.18. The summed E-state index contributed by atoms with van der Waals surface area (Å²) in [5.74, 6) is 0.820. The summed E-state index contributed by atoms with van der Waals surface area (Å²) in [5, 5.41) is 3.58. The third-order valence-electron chi connectivity index (χ3n) is 3.82. The van der Waals surface area contributed by atoms with Crippen molar-refractivity contribution < 1.29 is 4.74 Å². The van der Waals surface area contributed by atoms with Crippen LogP contribution in [0, 0.1) is 5.92 Å². The smallest absolute Gasteiger partial charge is 0.0469 e. The van der Waals surface area contributed by atoms with Gasteiger partial charge in [-0.3, -0.25) is 0 Å². The number of nitrogens with zero attached hydrogens (tertiary/aromatic N) is 1. The molecule has 1 aromatic rings. The molecule has 0 bridgehead atoms. The van der Waals surface area contributed by atoms with E-state index in [1.54, 1.807) is 0 Å². The number of anilines is 1. The van der Waals surface area contributed by atoms with Gasteiger partial charge in [0.15, 0.2) is 0 Å². The molecule has 1 fully saturated rings. The van der Waals surface area contributed by atoms with Gasteiger partial charge >= 0.3 is 0 Å². The summed E-state index contributed by atoms with van der Waals surface area (Å²) in [4.78, 5) is 2.32. The van der Waals surface area contributed by atoms with Crippen LogP contribution in [0.1, 0.15) is 19.3 Å². The summed E-state index contributed by atoms with van der Waals surface area (Å²) < 4.78 is 5.37. The predicted molar refractivity (Wildman–Crippen MR) is 80.7 cm³/mol. The fourth-order valence-electron chi connectivity index (χ4n) is 2.51. The van der Waals surface area contributed by atoms with E-state index in [0.717, 1.165) is 38.8 Å². The summed E-state index contributed by atoms with van der Waals surface area (Å²) >= 11 is 0. The Morgan fingerprint density at radius 3 is 2.68 bits per heavy atom. The molecule has 0 unspecified atom stereocenters. The standard InChI is InChI=1S/C16H26N2O/c1-18(16-6-3-2-4-7-16)11-5-10-17-14-15-8-12-19-13-9-15/h2-4,6-7,15,17H,5,8-14H2,1H3. The van der Waals surface area contributed by atoms with Gasteiger partial charge in [0.2, 0.25) is 0 Å². The summed E-state index contributed by atoms with van der Waals surface area (Å²) in [7, 11) is 2.16. The molecule has 0 spiro atoms. The van der Waals surface area contributed by atoms with Crippen LogP contribution < -0.4 is 10.2 Å². The molecule has 0 aromatic heterocycles. The van der Waals surface area contributed by atoms with Crippen molar-refractivity contribution in [1.29, 1.82) is 0 Å². The molecular weight excluding hydrogens is 236 g/mol. The summed E-state index contributed by atoms with van der Waals surface area (Å²) in [6.45, 7) is 5.25. The Bertz CT molecular complexity index is 336. The maximum Gasteiger partial charge on any atom is 0.0469 e. The van der Waals surface area contributed by atoms with Gasteiger partial charge in [-0.05, 0) is 50.4 Å². The van der Waals surface area contributed by atoms with E-state index in [1.165, 1.54) is 24.9 Å². The van der Waals surface area contributed by atoms with Gasteiger partial charge in [-0.15, -0.1) is 0 Å². The highest BCUT2D eigenvalue weighted by Gasteiger charge is 2.12. The molecule has 1 aromatic carbocycles. The first-order chi connectivity index (χ1) is 9.36. The maximum atomic E-state index is 5.37. The maximum absolute atomic E-state index is 5.37. The zero-order valence-corrected chi connectivity index (χ0v) is 12.0. The second-order valence-electron chi connectivity index (χ2n) is 5.37. The first-order valence-corrected chi connectivity index (χ1v) is 7.41. The highest BCUT2D eigenvalue weighted by molar-refractivity contribution is 5.44. The molecule has 0 amide bonds. The van der Waals surface area contributed by atoms with Crippen molar-refractivity contribution in [3.8, 4) is 0 Å². The van der Waals surface area contributed by atoms with Crippen LogP contribution in [0.4, 0.5) is 5.69 Å². The van der Waals surface area contributed by atoms with Gasteiger partial charge in [-0.2, -0.15) is 0 Å². The van der Waals surface area contributed by atoms with Crippen molar-refractivity contribution >= 4 is 5.69 Å². The van der Waals surface area contributed by atoms with Crippen molar-refractivity contribution in [2.75, 3.05) is 44.8 Å². The molecule has 1 saturated heterocycles. The van der Waals surface area contributed by atoms with Gasteiger partial charge in [0.1, 0.15) is 0 Å². The number of para-hydroxylation sites is 1. The molecule has 1 aliphatic rings. The lowest BCUT2D eigenvalue weighted by Crippen LogP contribution is -2.30. The molecule has 106 valence electrons. The lowest BCUT2D eigenvalue weighted by molar-refractivity contribution is 0.0664. The van der Waals surface area contributed by atoms with Crippen LogP contribution in [-0.4, -0.2) is 39.9 Å². The second-order valence-corrected chi connectivity index (χ2v) is 5.37. The molecule has 1 aliphatic heterocycles. The topological polar surface area (TPSA) is 24.5 Å². The Balaban J connectivity index is 1.54. The molecule has 19 heavy (non-hydrogen) atoms. The number of nitrogens with one attached hydrogen (secondary N) is 1. The van der Waals surface area contributed by atoms with Crippen LogP contribution in [0.5, 0.6) is 0 Å². The van der Waals surface area contributed by atoms with Crippen molar-refractivity contribution in [2.24, 2.45) is 5.92 Å². The molecule has 2 rings (SSSR count). The van der Waals surface area contributed by atoms with Crippen LogP contribution in [0.25, 0.3) is 0 Å². The Hall–Kier alpha value is -1.06. The molecule has 3 heteroatoms. The SMILES string of the molecule is CN(CCCNCC1CCOCC1)c1ccccc1. The third kappa shape index (κ3) is 5.21. The lowest BCUT2D eigenvalue weighted by Gasteiger charge is -2.23. The Morgan fingerprint density at radius 2 is 1.95 bits per heavy atom. The van der Waals surface area contributed by atoms with Crippen LogP contribution >= 0.6 is 0 Å². The highest BCUT2D eigenvalue weighted by Crippen LogP contribution is 2.13. The van der Waals surface area contributed by atoms with E-state index in [1.807, 2.05) is 0 Å². The van der Waals surface area contributed by atoms with Crippen molar-refractivity contribution in [2.45, 2.75) is 19.3 Å². The van der Waals surface area contributed by atoms with E-state index in [2.05, 4.69) is 47.6 Å². The van der Waals surface area contributed by atoms with Crippen molar-refractivity contribution in [3.63, 3.8) is 0 Å². The summed E-state index contributed by atoms with van der Waals surface area (Å²) in [6.07, 6.45) is 3.63. The number of hydrogen-bond donors (Lipinski definition) is 1. The van der Waals surface area contributed by atoms with Crippen LogP contribution in [0.3, 0.4) is 0 Å². The Labute approximate surface area is 116 Å². The zero-order chi connectivity index (χ0) is 13.3. The number of rotatable bonds is 7. The van der Waals surface area contributed by atoms with Crippen molar-refractivity contribution in [1.82, 2.24) is 5.32 Å². The zero-order valence-electron chi connectivity index (χ0n) is 12.0. The van der Waals surface area contributed by atoms with Gasteiger partial charge in [-0.1, -0.05) is 18.2 Å². The first-order valence-electron chi connectivity index (χ1n) is 7.41. The largest absolute Gasteiger partial charge is 0.381 e. The van der Waals surface area contributed by atoms with Crippen LogP contribution in [0.15, 0.2) is 30.3 Å². The minimum atomic E-state index is 0.820. The fourth-order valence-corrected chi connectivity index (χ4v) is 2.51. The average molecular weight is 262 g/mol. The number of benzene rings is 1. The molecule has 1 heterocycles. The highest BCUT2D eigenvalue weighted by atomic mass is 16.5. The third-order valence-corrected chi connectivity index (χ3v) is 3.82. The molecule has 0 atom stereocenters. The normalized spacial score (nSPS) is 16.5. The number of hydrogen-bond acceptors (Lipinski definition) is 3. The van der Waals surface area contributed by atoms with Crippen LogP contribution in [-0.2, 0) is 4.74 Å². The lowest BCUT2D eigenvalue weighted by atomic mass is 10.0. The molecule has 0 aliphatic carbocycles. The van der Waals surface area contributed by atoms with Gasteiger partial charge < -0.3 is 15.0 Å². The summed E-state index contributed by atoms with van der Waals surface area (Å²) in [6, 6.07) is 10.6. The van der Waals surface area contributed by atoms with E-state index in [0.29, 0.717) is 0 Å². The van der Waals surface area contributed by atoms with Gasteiger partial charge in [0, 0.05) is 32.5 Å². The quantitative estimate of drug-likeness (QED) is 0.764. The van der Waals surface area contributed by atoms with Gasteiger partial charge in [-0.25, -0.2) is 0 Å². The Morgan fingerprint density at radius 1 is 1.21 bits per heavy atom. The van der Waals surface area contributed by atoms with E-state index < -0.39 is 0 Å². The molecule has 0 saturated carbocycles. The second kappa shape index (κ2) is 8.18. The fraction of sp³-hybridized carbons (Fsp3) is 0.625. The first kappa shape index (κ1) is 14.4. The monoisotopic (exact) mass is 262 g/mol. The minimum Gasteiger partial charge on any atom is -0.381 e. The molecule has 0 radical (unpaired) electrons. The number of ether oxygens (including phenoxy) is 1. The van der Waals surface area contributed by atoms with E-state index in [9.17, 15) is 0 Å². The van der Waals surface area contributed by atoms with Gasteiger partial charge in [0.05, 0.1) is 0 Å². The minimum absolute atomic E-state index is 0.820. The predicted octanol–water partition coefficient (Wildman–Crippen LogP) is 2.53. The molecule has 3 nitrogen and oxygen atoms in total. The van der Waals surface area contributed by atoms with E-state index in [4.69, 9.17) is 4.74 Å². The van der Waals surface area contributed by atoms with Crippen LogP contribution in [0.2, 0.25) is 0 Å². The van der Waals surface area contributed by atoms with E-state index in [-0.39, 0.29) is 0 Å².